The van der Waals surface area contributed by atoms with Gasteiger partial charge in [0, 0.05) is 0 Å². The monoisotopic (exact) mass is 868 g/mol. The Kier molecular flexibility index (Phi) is 39.1. The van der Waals surface area contributed by atoms with Crippen LogP contribution in [0.15, 0.2) is 24.3 Å². The third-order valence-corrected chi connectivity index (χ3v) is 12.4. The summed E-state index contributed by atoms with van der Waals surface area (Å²) in [6, 6.07) is -0.993. The number of unbranched alkanes of at least 4 members (excludes halogenated alkanes) is 30. The van der Waals surface area contributed by atoms with Crippen molar-refractivity contribution in [2.24, 2.45) is 0 Å². The Hall–Kier alpha value is -1.37. The van der Waals surface area contributed by atoms with Gasteiger partial charge in [-0.3, -0.25) is 4.79 Å². The zero-order valence-corrected chi connectivity index (χ0v) is 39.3. The van der Waals surface area contributed by atoms with Crippen molar-refractivity contribution < 1.29 is 44.9 Å². The van der Waals surface area contributed by atoms with Crippen LogP contribution in [0, 0.1) is 0 Å². The second kappa shape index (κ2) is 41.3. The molecule has 0 aromatic rings. The largest absolute Gasteiger partial charge is 0.394 e. The molecule has 360 valence electrons. The van der Waals surface area contributed by atoms with Crippen molar-refractivity contribution in [3.05, 3.63) is 24.3 Å². The highest BCUT2D eigenvalue weighted by molar-refractivity contribution is 5.80. The summed E-state index contributed by atoms with van der Waals surface area (Å²) in [4.78, 5) is 13.1. The summed E-state index contributed by atoms with van der Waals surface area (Å²) in [6.07, 6.45) is 39.9. The molecule has 10 nitrogen and oxygen atoms in total. The van der Waals surface area contributed by atoms with Gasteiger partial charge >= 0.3 is 0 Å². The molecule has 1 fully saturated rings. The molecule has 1 saturated heterocycles. The standard InChI is InChI=1S/C51H97NO9/c1-3-5-7-9-11-13-15-17-18-19-20-21-22-23-24-25-26-28-30-32-34-36-38-40-45(55)50(59)52-43(42-60-51-49(58)48(57)47(56)46(41-53)61-51)44(54)39-37-35-33-31-29-27-16-14-12-10-8-6-4-2/h29,31,37,39,43-49,51,53-58H,3-28,30,32-36,38,40-42H2,1-2H3,(H,52,59)/b31-29+,39-37+. The van der Waals surface area contributed by atoms with E-state index < -0.39 is 61.5 Å². The molecule has 0 aromatic heterocycles. The minimum absolute atomic E-state index is 0.308. The number of aliphatic hydroxyl groups is 6. The average molecular weight is 868 g/mol. The van der Waals surface area contributed by atoms with E-state index in [0.717, 1.165) is 32.1 Å². The van der Waals surface area contributed by atoms with Crippen molar-refractivity contribution in [3.63, 3.8) is 0 Å². The van der Waals surface area contributed by atoms with Crippen LogP contribution >= 0.6 is 0 Å². The fraction of sp³-hybridized carbons (Fsp3) is 0.902. The summed E-state index contributed by atoms with van der Waals surface area (Å²) in [5.74, 6) is -0.623. The molecule has 0 bridgehead atoms. The summed E-state index contributed by atoms with van der Waals surface area (Å²) in [5, 5.41) is 64.7. The lowest BCUT2D eigenvalue weighted by Gasteiger charge is -2.40. The Labute approximate surface area is 373 Å². The van der Waals surface area contributed by atoms with Crippen LogP contribution in [0.3, 0.4) is 0 Å². The van der Waals surface area contributed by atoms with Crippen molar-refractivity contribution in [1.29, 1.82) is 0 Å². The molecule has 0 saturated carbocycles. The maximum Gasteiger partial charge on any atom is 0.249 e. The number of hydrogen-bond donors (Lipinski definition) is 7. The highest BCUT2D eigenvalue weighted by Crippen LogP contribution is 2.23. The van der Waals surface area contributed by atoms with E-state index in [1.807, 2.05) is 6.08 Å². The van der Waals surface area contributed by atoms with Crippen LogP contribution in [0.4, 0.5) is 0 Å². The average Bonchev–Trinajstić information content (AvgIpc) is 3.26. The van der Waals surface area contributed by atoms with Crippen molar-refractivity contribution >= 4 is 5.91 Å². The van der Waals surface area contributed by atoms with E-state index >= 15 is 0 Å². The van der Waals surface area contributed by atoms with Gasteiger partial charge in [0.05, 0.1) is 25.4 Å². The van der Waals surface area contributed by atoms with Crippen molar-refractivity contribution in [1.82, 2.24) is 5.32 Å². The summed E-state index contributed by atoms with van der Waals surface area (Å²) in [5.41, 5.74) is 0. The third-order valence-electron chi connectivity index (χ3n) is 12.4. The molecule has 0 aliphatic carbocycles. The van der Waals surface area contributed by atoms with Crippen molar-refractivity contribution in [3.8, 4) is 0 Å². The molecular weight excluding hydrogens is 771 g/mol. The molecule has 61 heavy (non-hydrogen) atoms. The molecule has 10 heteroatoms. The summed E-state index contributed by atoms with van der Waals surface area (Å²) < 4.78 is 11.1. The number of ether oxygens (including phenoxy) is 2. The van der Waals surface area contributed by atoms with Crippen molar-refractivity contribution in [2.45, 2.75) is 281 Å². The molecule has 7 N–H and O–H groups in total. The molecular formula is C51H97NO9. The lowest BCUT2D eigenvalue weighted by Crippen LogP contribution is -2.60. The maximum absolute atomic E-state index is 13.1. The maximum atomic E-state index is 13.1. The quantitative estimate of drug-likeness (QED) is 0.0233. The Morgan fingerprint density at radius 3 is 1.43 bits per heavy atom. The number of allylic oxidation sites excluding steroid dienone is 3. The number of hydrogen-bond acceptors (Lipinski definition) is 9. The predicted octanol–water partition coefficient (Wildman–Crippen LogP) is 10.4. The van der Waals surface area contributed by atoms with E-state index in [4.69, 9.17) is 9.47 Å². The second-order valence-electron chi connectivity index (χ2n) is 18.1. The first kappa shape index (κ1) is 57.6. The number of amides is 1. The molecule has 0 radical (unpaired) electrons. The van der Waals surface area contributed by atoms with Gasteiger partial charge in [-0.05, 0) is 32.1 Å². The van der Waals surface area contributed by atoms with Gasteiger partial charge in [0.1, 0.15) is 30.5 Å². The van der Waals surface area contributed by atoms with Crippen LogP contribution < -0.4 is 5.32 Å². The number of nitrogens with one attached hydrogen (secondary N) is 1. The number of rotatable bonds is 43. The van der Waals surface area contributed by atoms with Gasteiger partial charge in [-0.25, -0.2) is 0 Å². The SMILES string of the molecule is CCCCCCCCC/C=C/CC/C=C/C(O)C(COC1OC(CO)C(O)C(O)C1O)NC(=O)C(O)CCCCCCCCCCCCCCCCCCCCCCCCC. The first-order valence-corrected chi connectivity index (χ1v) is 25.7. The first-order chi connectivity index (χ1) is 29.8. The molecule has 1 amide bonds. The second-order valence-corrected chi connectivity index (χ2v) is 18.1. The molecule has 0 spiro atoms. The molecule has 0 aromatic carbocycles. The molecule has 8 unspecified atom stereocenters. The number of carbonyl (C=O) groups excluding carboxylic acids is 1. The van der Waals surface area contributed by atoms with E-state index in [1.54, 1.807) is 6.08 Å². The lowest BCUT2D eigenvalue weighted by atomic mass is 9.99. The molecule has 8 atom stereocenters. The lowest BCUT2D eigenvalue weighted by molar-refractivity contribution is -0.302. The van der Waals surface area contributed by atoms with Gasteiger partial charge in [0.2, 0.25) is 5.91 Å². The highest BCUT2D eigenvalue weighted by atomic mass is 16.7. The highest BCUT2D eigenvalue weighted by Gasteiger charge is 2.44. The molecule has 1 rings (SSSR count). The summed E-state index contributed by atoms with van der Waals surface area (Å²) >= 11 is 0. The Balaban J connectivity index is 2.30. The van der Waals surface area contributed by atoms with Gasteiger partial charge in [-0.2, -0.15) is 0 Å². The normalized spacial score (nSPS) is 21.1. The van der Waals surface area contributed by atoms with Crippen LogP contribution in [-0.2, 0) is 14.3 Å². The summed E-state index contributed by atoms with van der Waals surface area (Å²) in [6.45, 7) is 3.60. The third kappa shape index (κ3) is 31.2. The van der Waals surface area contributed by atoms with Gasteiger partial charge in [-0.1, -0.05) is 224 Å². The molecule has 1 aliphatic rings. The molecule has 1 heterocycles. The van der Waals surface area contributed by atoms with Crippen LogP contribution in [0.25, 0.3) is 0 Å². The fourth-order valence-electron chi connectivity index (χ4n) is 8.18. The molecule has 1 aliphatic heterocycles. The number of aliphatic hydroxyl groups excluding tert-OH is 6. The Morgan fingerprint density at radius 1 is 0.557 bits per heavy atom. The topological polar surface area (TPSA) is 169 Å². The number of carbonyl (C=O) groups is 1. The first-order valence-electron chi connectivity index (χ1n) is 25.7. The van der Waals surface area contributed by atoms with E-state index in [1.165, 1.54) is 167 Å². The van der Waals surface area contributed by atoms with Crippen LogP contribution in [0.5, 0.6) is 0 Å². The van der Waals surface area contributed by atoms with Crippen LogP contribution in [0.1, 0.15) is 232 Å². The van der Waals surface area contributed by atoms with Gasteiger partial charge in [-0.15, -0.1) is 0 Å². The van der Waals surface area contributed by atoms with Crippen LogP contribution in [-0.4, -0.2) is 98.7 Å². The minimum atomic E-state index is -1.61. The van der Waals surface area contributed by atoms with Crippen LogP contribution in [0.2, 0.25) is 0 Å². The Morgan fingerprint density at radius 2 is 0.967 bits per heavy atom. The smallest absolute Gasteiger partial charge is 0.249 e. The predicted molar refractivity (Wildman–Crippen MR) is 250 cm³/mol. The van der Waals surface area contributed by atoms with E-state index in [-0.39, 0.29) is 6.61 Å². The van der Waals surface area contributed by atoms with Crippen molar-refractivity contribution in [2.75, 3.05) is 13.2 Å². The van der Waals surface area contributed by atoms with Gasteiger partial charge < -0.3 is 45.4 Å². The fourth-order valence-corrected chi connectivity index (χ4v) is 8.18. The Bertz CT molecular complexity index is 1030. The van der Waals surface area contributed by atoms with Gasteiger partial charge in [0.15, 0.2) is 6.29 Å². The van der Waals surface area contributed by atoms with Gasteiger partial charge in [0.25, 0.3) is 0 Å². The van der Waals surface area contributed by atoms with E-state index in [0.29, 0.717) is 19.3 Å². The minimum Gasteiger partial charge on any atom is -0.394 e. The van der Waals surface area contributed by atoms with E-state index in [2.05, 4.69) is 31.3 Å². The summed E-state index contributed by atoms with van der Waals surface area (Å²) in [7, 11) is 0. The van der Waals surface area contributed by atoms with E-state index in [9.17, 15) is 35.4 Å². The zero-order valence-electron chi connectivity index (χ0n) is 39.3. The zero-order chi connectivity index (χ0) is 44.6.